The van der Waals surface area contributed by atoms with Crippen LogP contribution < -0.4 is 10.6 Å². The minimum atomic E-state index is -0.246. The van der Waals surface area contributed by atoms with Gasteiger partial charge < -0.3 is 10.6 Å². The number of anilines is 1. The van der Waals surface area contributed by atoms with Gasteiger partial charge in [0, 0.05) is 30.3 Å². The van der Waals surface area contributed by atoms with E-state index in [1.54, 1.807) is 0 Å². The van der Waals surface area contributed by atoms with Crippen molar-refractivity contribution < 1.29 is 4.39 Å². The topological polar surface area (TPSA) is 29.3 Å². The van der Waals surface area contributed by atoms with Gasteiger partial charge in [0.15, 0.2) is 0 Å². The van der Waals surface area contributed by atoms with Crippen molar-refractivity contribution in [2.24, 2.45) is 5.73 Å². The Kier molecular flexibility index (Phi) is 4.78. The zero-order chi connectivity index (χ0) is 14.7. The lowest BCUT2D eigenvalue weighted by Gasteiger charge is -2.16. The van der Waals surface area contributed by atoms with E-state index in [0.717, 1.165) is 21.3 Å². The van der Waals surface area contributed by atoms with Gasteiger partial charge in [-0.25, -0.2) is 4.39 Å². The lowest BCUT2D eigenvalue weighted by molar-refractivity contribution is 0.621. The molecule has 0 aliphatic carbocycles. The Morgan fingerprint density at radius 3 is 2.35 bits per heavy atom. The molecule has 2 rings (SSSR count). The summed E-state index contributed by atoms with van der Waals surface area (Å²) in [6.07, 6.45) is 0.609. The molecule has 0 bridgehead atoms. The lowest BCUT2D eigenvalue weighted by atomic mass is 9.99. The van der Waals surface area contributed by atoms with Crippen molar-refractivity contribution in [3.8, 4) is 0 Å². The highest BCUT2D eigenvalue weighted by atomic mass is 79.9. The van der Waals surface area contributed by atoms with Crippen molar-refractivity contribution in [2.75, 3.05) is 19.0 Å². The Morgan fingerprint density at radius 2 is 1.80 bits per heavy atom. The highest BCUT2D eigenvalue weighted by molar-refractivity contribution is 9.10. The molecule has 1 unspecified atom stereocenters. The fourth-order valence-electron chi connectivity index (χ4n) is 2.12. The molecule has 0 spiro atoms. The molecule has 2 aromatic rings. The first-order valence-electron chi connectivity index (χ1n) is 6.43. The second kappa shape index (κ2) is 6.37. The van der Waals surface area contributed by atoms with Gasteiger partial charge in [-0.1, -0.05) is 28.1 Å². The Morgan fingerprint density at radius 1 is 1.15 bits per heavy atom. The summed E-state index contributed by atoms with van der Waals surface area (Å²) in [4.78, 5) is 2.04. The van der Waals surface area contributed by atoms with E-state index in [1.165, 1.54) is 12.1 Å². The number of halogens is 2. The van der Waals surface area contributed by atoms with Gasteiger partial charge in [0.25, 0.3) is 0 Å². The number of hydrogen-bond acceptors (Lipinski definition) is 2. The molecule has 0 aliphatic heterocycles. The number of nitrogens with two attached hydrogens (primary N) is 1. The first-order valence-corrected chi connectivity index (χ1v) is 7.23. The number of benzene rings is 2. The zero-order valence-electron chi connectivity index (χ0n) is 11.6. The fraction of sp³-hybridized carbons (Fsp3) is 0.250. The van der Waals surface area contributed by atoms with E-state index in [2.05, 4.69) is 15.9 Å². The van der Waals surface area contributed by atoms with Crippen LogP contribution in [-0.2, 0) is 6.42 Å². The average Bonchev–Trinajstić information content (AvgIpc) is 2.37. The third kappa shape index (κ3) is 3.81. The van der Waals surface area contributed by atoms with Crippen molar-refractivity contribution in [2.45, 2.75) is 12.5 Å². The summed E-state index contributed by atoms with van der Waals surface area (Å²) >= 11 is 3.30. The van der Waals surface area contributed by atoms with Gasteiger partial charge in [-0.3, -0.25) is 0 Å². The largest absolute Gasteiger partial charge is 0.378 e. The average molecular weight is 337 g/mol. The van der Waals surface area contributed by atoms with Crippen LogP contribution >= 0.6 is 15.9 Å². The molecule has 0 amide bonds. The maximum Gasteiger partial charge on any atom is 0.124 e. The fourth-order valence-corrected chi connectivity index (χ4v) is 2.63. The first kappa shape index (κ1) is 15.0. The number of nitrogens with zero attached hydrogens (tertiary/aromatic N) is 1. The maximum absolute atomic E-state index is 13.3. The minimum Gasteiger partial charge on any atom is -0.378 e. The summed E-state index contributed by atoms with van der Waals surface area (Å²) in [7, 11) is 4.00. The van der Waals surface area contributed by atoms with Crippen LogP contribution in [0.3, 0.4) is 0 Å². The van der Waals surface area contributed by atoms with Gasteiger partial charge in [-0.2, -0.15) is 0 Å². The highest BCUT2D eigenvalue weighted by Crippen LogP contribution is 2.22. The summed E-state index contributed by atoms with van der Waals surface area (Å²) in [5.74, 6) is -0.246. The van der Waals surface area contributed by atoms with Crippen molar-refractivity contribution in [3.63, 3.8) is 0 Å². The zero-order valence-corrected chi connectivity index (χ0v) is 13.2. The van der Waals surface area contributed by atoms with E-state index in [9.17, 15) is 4.39 Å². The Labute approximate surface area is 127 Å². The summed E-state index contributed by atoms with van der Waals surface area (Å²) in [6, 6.07) is 12.9. The van der Waals surface area contributed by atoms with Gasteiger partial charge in [-0.15, -0.1) is 0 Å². The predicted octanol–water partition coefficient (Wildman–Crippen LogP) is 3.90. The van der Waals surface area contributed by atoms with Crippen molar-refractivity contribution in [1.82, 2.24) is 0 Å². The molecule has 2 aromatic carbocycles. The smallest absolute Gasteiger partial charge is 0.124 e. The van der Waals surface area contributed by atoms with Gasteiger partial charge in [0.1, 0.15) is 5.82 Å². The normalized spacial score (nSPS) is 12.2. The van der Waals surface area contributed by atoms with Gasteiger partial charge >= 0.3 is 0 Å². The predicted molar refractivity (Wildman–Crippen MR) is 85.5 cm³/mol. The molecule has 20 heavy (non-hydrogen) atoms. The van der Waals surface area contributed by atoms with E-state index >= 15 is 0 Å². The quantitative estimate of drug-likeness (QED) is 0.917. The van der Waals surface area contributed by atoms with Crippen LogP contribution in [0.1, 0.15) is 17.2 Å². The van der Waals surface area contributed by atoms with Crippen molar-refractivity contribution in [1.29, 1.82) is 0 Å². The van der Waals surface area contributed by atoms with Crippen LogP contribution in [0.25, 0.3) is 0 Å². The molecular formula is C16H18BrFN2. The van der Waals surface area contributed by atoms with Crippen molar-refractivity contribution >= 4 is 21.6 Å². The van der Waals surface area contributed by atoms with Crippen molar-refractivity contribution in [3.05, 3.63) is 63.9 Å². The van der Waals surface area contributed by atoms with Crippen LogP contribution in [0.15, 0.2) is 46.9 Å². The van der Waals surface area contributed by atoms with E-state index in [0.29, 0.717) is 6.42 Å². The second-order valence-corrected chi connectivity index (χ2v) is 5.99. The summed E-state index contributed by atoms with van der Waals surface area (Å²) in [5.41, 5.74) is 9.28. The van der Waals surface area contributed by atoms with Gasteiger partial charge in [0.05, 0.1) is 0 Å². The van der Waals surface area contributed by atoms with E-state index in [1.807, 2.05) is 49.3 Å². The number of rotatable bonds is 4. The summed E-state index contributed by atoms with van der Waals surface area (Å²) in [5, 5.41) is 0. The lowest BCUT2D eigenvalue weighted by Crippen LogP contribution is -2.14. The van der Waals surface area contributed by atoms with Crippen LogP contribution in [0.2, 0.25) is 0 Å². The molecule has 0 radical (unpaired) electrons. The Hall–Kier alpha value is -1.39. The molecule has 0 fully saturated rings. The van der Waals surface area contributed by atoms with Crippen LogP contribution in [-0.4, -0.2) is 14.1 Å². The standard InChI is InChI=1S/C16H18BrFN2/c1-20(2)15-5-3-12(4-6-15)16(19)9-11-7-13(17)10-14(18)8-11/h3-8,10,16H,9,19H2,1-2H3. The minimum absolute atomic E-state index is 0.139. The highest BCUT2D eigenvalue weighted by Gasteiger charge is 2.09. The van der Waals surface area contributed by atoms with Crippen LogP contribution in [0.5, 0.6) is 0 Å². The number of hydrogen-bond donors (Lipinski definition) is 1. The Bertz CT molecular complexity index is 561. The second-order valence-electron chi connectivity index (χ2n) is 5.07. The maximum atomic E-state index is 13.3. The van der Waals surface area contributed by atoms with Crippen LogP contribution in [0, 0.1) is 5.82 Å². The summed E-state index contributed by atoms with van der Waals surface area (Å²) in [6.45, 7) is 0. The molecule has 4 heteroatoms. The summed E-state index contributed by atoms with van der Waals surface area (Å²) < 4.78 is 14.1. The SMILES string of the molecule is CN(C)c1ccc(C(N)Cc2cc(F)cc(Br)c2)cc1. The molecule has 1 atom stereocenters. The van der Waals surface area contributed by atoms with Gasteiger partial charge in [-0.05, 0) is 47.9 Å². The molecule has 0 saturated heterocycles. The third-order valence-corrected chi connectivity index (χ3v) is 3.67. The molecule has 0 aliphatic rings. The van der Waals surface area contributed by atoms with E-state index in [4.69, 9.17) is 5.73 Å². The first-order chi connectivity index (χ1) is 9.45. The van der Waals surface area contributed by atoms with Gasteiger partial charge in [0.2, 0.25) is 0 Å². The van der Waals surface area contributed by atoms with E-state index < -0.39 is 0 Å². The molecule has 2 nitrogen and oxygen atoms in total. The third-order valence-electron chi connectivity index (χ3n) is 3.22. The Balaban J connectivity index is 2.13. The molecule has 106 valence electrons. The monoisotopic (exact) mass is 336 g/mol. The molecule has 2 N–H and O–H groups in total. The van der Waals surface area contributed by atoms with E-state index in [-0.39, 0.29) is 11.9 Å². The molecule has 0 heterocycles. The van der Waals surface area contributed by atoms with Crippen LogP contribution in [0.4, 0.5) is 10.1 Å². The molecule has 0 aromatic heterocycles. The molecule has 0 saturated carbocycles. The molecular weight excluding hydrogens is 319 g/mol.